The van der Waals surface area contributed by atoms with E-state index in [1.165, 1.54) is 41.9 Å². The zero-order valence-electron chi connectivity index (χ0n) is 14.9. The van der Waals surface area contributed by atoms with Crippen LogP contribution in [0.4, 0.5) is 5.69 Å². The topological polar surface area (TPSA) is 6.48 Å². The first-order valence-corrected chi connectivity index (χ1v) is 10.6. The summed E-state index contributed by atoms with van der Waals surface area (Å²) in [4.78, 5) is 4.75. The van der Waals surface area contributed by atoms with E-state index >= 15 is 0 Å². The van der Waals surface area contributed by atoms with Crippen molar-refractivity contribution in [1.82, 2.24) is 4.90 Å². The maximum absolute atomic E-state index is 2.40. The molecule has 0 N–H and O–H groups in total. The molecule has 0 fully saturated rings. The number of allylic oxidation sites excluding steroid dienone is 1. The average molecular weight is 403 g/mol. The number of fused-ring (bicyclic) bond motifs is 3. The van der Waals surface area contributed by atoms with Gasteiger partial charge in [-0.15, -0.1) is 0 Å². The van der Waals surface area contributed by atoms with Crippen LogP contribution in [0.3, 0.4) is 0 Å². The van der Waals surface area contributed by atoms with Gasteiger partial charge >= 0.3 is 160 Å². The molecule has 1 aliphatic rings. The molecule has 128 valence electrons. The summed E-state index contributed by atoms with van der Waals surface area (Å²) in [7, 11) is 2.19. The van der Waals surface area contributed by atoms with Crippen LogP contribution in [0.1, 0.15) is 12.5 Å². The second-order valence-electron chi connectivity index (χ2n) is 6.85. The Morgan fingerprint density at radius 3 is 2.38 bits per heavy atom. The van der Waals surface area contributed by atoms with Gasteiger partial charge in [0.15, 0.2) is 0 Å². The first-order valence-electron chi connectivity index (χ1n) is 8.88. The molecule has 0 amide bonds. The Hall–Kier alpha value is -2.48. The minimum atomic E-state index is 0.436. The first-order chi connectivity index (χ1) is 12.7. The molecular weight excluding hydrogens is 383 g/mol. The number of para-hydroxylation sites is 1. The van der Waals surface area contributed by atoms with Gasteiger partial charge in [0.25, 0.3) is 0 Å². The molecule has 3 heteroatoms. The molecule has 0 radical (unpaired) electrons. The van der Waals surface area contributed by atoms with Gasteiger partial charge < -0.3 is 0 Å². The van der Waals surface area contributed by atoms with Crippen molar-refractivity contribution in [2.75, 3.05) is 18.6 Å². The van der Waals surface area contributed by atoms with Gasteiger partial charge in [-0.05, 0) is 0 Å². The predicted molar refractivity (Wildman–Crippen MR) is 113 cm³/mol. The Morgan fingerprint density at radius 2 is 1.54 bits per heavy atom. The van der Waals surface area contributed by atoms with Crippen LogP contribution in [0.5, 0.6) is 0 Å². The Bertz CT molecular complexity index is 1140. The van der Waals surface area contributed by atoms with Crippen LogP contribution < -0.4 is 4.90 Å². The Kier molecular flexibility index (Phi) is 3.66. The second-order valence-corrected chi connectivity index (χ2v) is 9.12. The molecule has 0 unspecified atom stereocenters. The summed E-state index contributed by atoms with van der Waals surface area (Å²) in [6.45, 7) is 3.12. The van der Waals surface area contributed by atoms with E-state index in [2.05, 4.69) is 96.6 Å². The molecule has 1 aromatic heterocycles. The summed E-state index contributed by atoms with van der Waals surface area (Å²) in [6, 6.07) is 26.5. The van der Waals surface area contributed by atoms with Crippen molar-refractivity contribution in [2.45, 2.75) is 6.92 Å². The van der Waals surface area contributed by atoms with E-state index in [4.69, 9.17) is 0 Å². The molecule has 0 atom stereocenters. The van der Waals surface area contributed by atoms with Crippen molar-refractivity contribution in [3.63, 3.8) is 0 Å². The Balaban J connectivity index is 1.66. The van der Waals surface area contributed by atoms with Crippen molar-refractivity contribution < 1.29 is 0 Å². The van der Waals surface area contributed by atoms with Gasteiger partial charge in [0.2, 0.25) is 0 Å². The Labute approximate surface area is 159 Å². The third kappa shape index (κ3) is 2.39. The van der Waals surface area contributed by atoms with Gasteiger partial charge in [0.1, 0.15) is 0 Å². The van der Waals surface area contributed by atoms with E-state index < -0.39 is 0 Å². The van der Waals surface area contributed by atoms with Crippen molar-refractivity contribution >= 4 is 45.2 Å². The van der Waals surface area contributed by atoms with Gasteiger partial charge in [0.05, 0.1) is 0 Å². The van der Waals surface area contributed by atoms with Crippen LogP contribution >= 0.6 is 0 Å². The summed E-state index contributed by atoms with van der Waals surface area (Å²) < 4.78 is 3.00. The van der Waals surface area contributed by atoms with Crippen molar-refractivity contribution in [3.8, 4) is 0 Å². The van der Waals surface area contributed by atoms with E-state index in [1.807, 2.05) is 0 Å². The number of hydrogen-bond donors (Lipinski definition) is 0. The number of anilines is 1. The number of hydrogen-bond acceptors (Lipinski definition) is 2. The molecule has 3 aromatic carbocycles. The summed E-state index contributed by atoms with van der Waals surface area (Å²) in [6.07, 6.45) is 0. The van der Waals surface area contributed by atoms with Crippen LogP contribution in [-0.2, 0) is 0 Å². The molecule has 2 nitrogen and oxygen atoms in total. The van der Waals surface area contributed by atoms with Gasteiger partial charge in [-0.25, -0.2) is 0 Å². The molecule has 1 aliphatic heterocycles. The second kappa shape index (κ2) is 6.05. The fraction of sp³-hybridized carbons (Fsp3) is 0.130. The first kappa shape index (κ1) is 15.7. The van der Waals surface area contributed by atoms with E-state index in [-0.39, 0.29) is 0 Å². The van der Waals surface area contributed by atoms with E-state index in [0.717, 1.165) is 6.67 Å². The van der Waals surface area contributed by atoms with Crippen molar-refractivity contribution in [1.29, 1.82) is 0 Å². The van der Waals surface area contributed by atoms with Crippen LogP contribution in [0.15, 0.2) is 78.5 Å². The molecule has 0 saturated heterocycles. The Morgan fingerprint density at radius 1 is 0.808 bits per heavy atom. The summed E-state index contributed by atoms with van der Waals surface area (Å²) in [5, 5.41) is 2.84. The summed E-state index contributed by atoms with van der Waals surface area (Å²) >= 11 is 0.436. The number of rotatable bonds is 2. The molecule has 2 heterocycles. The standard InChI is InChI=1S/C23H20N2Se/c1-16-23(24(2)15-25(16)18-8-4-3-5-9-18)17-12-13-22-20(14-17)19-10-6-7-11-21(19)26-22/h3-14H,15H2,1-2H3. The SMILES string of the molecule is CC1=C(c2ccc3[se]c4ccccc4c3c2)N(C)CN1c1ccccc1. The molecule has 4 aromatic rings. The van der Waals surface area contributed by atoms with Crippen LogP contribution in [0.25, 0.3) is 25.0 Å². The van der Waals surface area contributed by atoms with E-state index in [9.17, 15) is 0 Å². The molecule has 0 saturated carbocycles. The maximum atomic E-state index is 2.40. The minimum absolute atomic E-state index is 0.436. The van der Waals surface area contributed by atoms with Gasteiger partial charge in [-0.3, -0.25) is 0 Å². The fourth-order valence-corrected chi connectivity index (χ4v) is 6.26. The zero-order valence-corrected chi connectivity index (χ0v) is 16.7. The molecule has 26 heavy (non-hydrogen) atoms. The molecule has 0 spiro atoms. The van der Waals surface area contributed by atoms with Crippen LogP contribution in [-0.4, -0.2) is 33.1 Å². The van der Waals surface area contributed by atoms with Crippen LogP contribution in [0, 0.1) is 0 Å². The third-order valence-electron chi connectivity index (χ3n) is 5.20. The third-order valence-corrected chi connectivity index (χ3v) is 7.62. The molecule has 0 bridgehead atoms. The zero-order chi connectivity index (χ0) is 17.7. The van der Waals surface area contributed by atoms with E-state index in [1.54, 1.807) is 0 Å². The van der Waals surface area contributed by atoms with Gasteiger partial charge in [0, 0.05) is 0 Å². The van der Waals surface area contributed by atoms with Crippen LogP contribution in [0.2, 0.25) is 0 Å². The number of benzene rings is 3. The van der Waals surface area contributed by atoms with Crippen molar-refractivity contribution in [3.05, 3.63) is 84.1 Å². The normalized spacial score (nSPS) is 14.8. The number of nitrogens with zero attached hydrogens (tertiary/aromatic N) is 2. The summed E-state index contributed by atoms with van der Waals surface area (Å²) in [5.41, 5.74) is 5.21. The molecular formula is C23H20N2Se. The molecule has 5 rings (SSSR count). The monoisotopic (exact) mass is 404 g/mol. The van der Waals surface area contributed by atoms with Gasteiger partial charge in [-0.2, -0.15) is 0 Å². The van der Waals surface area contributed by atoms with E-state index in [0.29, 0.717) is 14.5 Å². The fourth-order valence-electron chi connectivity index (χ4n) is 3.98. The van der Waals surface area contributed by atoms with Crippen molar-refractivity contribution in [2.24, 2.45) is 0 Å². The summed E-state index contributed by atoms with van der Waals surface area (Å²) in [5.74, 6) is 0. The predicted octanol–water partition coefficient (Wildman–Crippen LogP) is 5.15. The quantitative estimate of drug-likeness (QED) is 0.427. The molecule has 0 aliphatic carbocycles. The average Bonchev–Trinajstić information content (AvgIpc) is 3.19. The van der Waals surface area contributed by atoms with Gasteiger partial charge in [-0.1, -0.05) is 0 Å².